The predicted molar refractivity (Wildman–Crippen MR) is 116 cm³/mol. The number of anilines is 1. The number of rotatable bonds is 6. The van der Waals surface area contributed by atoms with Gasteiger partial charge in [-0.2, -0.15) is 17.5 Å². The van der Waals surface area contributed by atoms with Gasteiger partial charge in [0.05, 0.1) is 24.7 Å². The molecule has 1 aliphatic heterocycles. The minimum atomic E-state index is -4.64. The fourth-order valence-corrected chi connectivity index (χ4v) is 5.21. The van der Waals surface area contributed by atoms with E-state index in [0.717, 1.165) is 28.1 Å². The van der Waals surface area contributed by atoms with Crippen LogP contribution in [0.1, 0.15) is 24.0 Å². The van der Waals surface area contributed by atoms with Crippen LogP contribution in [0, 0.1) is 12.8 Å². The summed E-state index contributed by atoms with van der Waals surface area (Å²) in [6.07, 6.45) is -4.15. The molecule has 180 valence electrons. The second kappa shape index (κ2) is 9.60. The van der Waals surface area contributed by atoms with Crippen LogP contribution < -0.4 is 14.8 Å². The lowest BCUT2D eigenvalue weighted by Crippen LogP contribution is -2.41. The van der Waals surface area contributed by atoms with Crippen LogP contribution in [0.3, 0.4) is 0 Å². The van der Waals surface area contributed by atoms with Crippen molar-refractivity contribution in [3.05, 3.63) is 47.5 Å². The van der Waals surface area contributed by atoms with Crippen LogP contribution in [-0.2, 0) is 21.0 Å². The SMILES string of the molecule is COc1cc(C)c(NC(=O)C2CCN(S(=O)(=O)c3cccc(C(F)(F)F)c3)CC2)cc1OC. The highest BCUT2D eigenvalue weighted by molar-refractivity contribution is 7.89. The molecule has 33 heavy (non-hydrogen) atoms. The number of ether oxygens (including phenoxy) is 2. The van der Waals surface area contributed by atoms with Crippen molar-refractivity contribution in [3.63, 3.8) is 0 Å². The van der Waals surface area contributed by atoms with Gasteiger partial charge in [-0.3, -0.25) is 4.79 Å². The maximum Gasteiger partial charge on any atom is 0.416 e. The lowest BCUT2D eigenvalue weighted by Gasteiger charge is -2.30. The van der Waals surface area contributed by atoms with Gasteiger partial charge in [-0.05, 0) is 49.6 Å². The molecule has 0 radical (unpaired) electrons. The Bertz CT molecular complexity index is 1130. The number of amides is 1. The fraction of sp³-hybridized carbons (Fsp3) is 0.409. The van der Waals surface area contributed by atoms with E-state index in [-0.39, 0.29) is 31.8 Å². The van der Waals surface area contributed by atoms with Gasteiger partial charge in [-0.15, -0.1) is 0 Å². The number of carbonyl (C=O) groups excluding carboxylic acids is 1. The number of piperidine rings is 1. The van der Waals surface area contributed by atoms with Crippen LogP contribution in [0.5, 0.6) is 11.5 Å². The first kappa shape index (κ1) is 24.8. The van der Waals surface area contributed by atoms with E-state index in [0.29, 0.717) is 23.3 Å². The van der Waals surface area contributed by atoms with Gasteiger partial charge in [0.2, 0.25) is 15.9 Å². The molecule has 0 atom stereocenters. The normalized spacial score (nSPS) is 15.8. The van der Waals surface area contributed by atoms with Crippen LogP contribution >= 0.6 is 0 Å². The third-order valence-electron chi connectivity index (χ3n) is 5.61. The zero-order valence-corrected chi connectivity index (χ0v) is 19.2. The first-order valence-corrected chi connectivity index (χ1v) is 11.6. The van der Waals surface area contributed by atoms with Crippen molar-refractivity contribution in [2.24, 2.45) is 5.92 Å². The predicted octanol–water partition coefficient (Wildman–Crippen LogP) is 4.07. The summed E-state index contributed by atoms with van der Waals surface area (Å²) < 4.78 is 76.2. The third kappa shape index (κ3) is 5.41. The summed E-state index contributed by atoms with van der Waals surface area (Å²) in [5.74, 6) is 0.286. The summed E-state index contributed by atoms with van der Waals surface area (Å²) in [6.45, 7) is 1.87. The highest BCUT2D eigenvalue weighted by atomic mass is 32.2. The third-order valence-corrected chi connectivity index (χ3v) is 7.51. The zero-order valence-electron chi connectivity index (χ0n) is 18.4. The summed E-state index contributed by atoms with van der Waals surface area (Å²) in [5, 5.41) is 2.85. The summed E-state index contributed by atoms with van der Waals surface area (Å²) in [5.41, 5.74) is 0.297. The highest BCUT2D eigenvalue weighted by Crippen LogP contribution is 2.34. The average molecular weight is 487 g/mol. The quantitative estimate of drug-likeness (QED) is 0.666. The van der Waals surface area contributed by atoms with Gasteiger partial charge in [0.15, 0.2) is 11.5 Å². The molecule has 1 heterocycles. The second-order valence-electron chi connectivity index (χ2n) is 7.72. The van der Waals surface area contributed by atoms with Gasteiger partial charge < -0.3 is 14.8 Å². The molecule has 1 amide bonds. The molecule has 3 rings (SSSR count). The highest BCUT2D eigenvalue weighted by Gasteiger charge is 2.35. The van der Waals surface area contributed by atoms with Gasteiger partial charge in [0.25, 0.3) is 0 Å². The lowest BCUT2D eigenvalue weighted by molar-refractivity contribution is -0.137. The lowest BCUT2D eigenvalue weighted by atomic mass is 9.97. The van der Waals surface area contributed by atoms with Crippen LogP contribution in [0.2, 0.25) is 0 Å². The topological polar surface area (TPSA) is 84.9 Å². The molecule has 1 aliphatic rings. The second-order valence-corrected chi connectivity index (χ2v) is 9.65. The number of nitrogens with one attached hydrogen (secondary N) is 1. The van der Waals surface area contributed by atoms with Crippen molar-refractivity contribution < 1.29 is 35.9 Å². The number of carbonyl (C=O) groups is 1. The largest absolute Gasteiger partial charge is 0.493 e. The zero-order chi connectivity index (χ0) is 24.4. The van der Waals surface area contributed by atoms with Gasteiger partial charge in [-0.25, -0.2) is 8.42 Å². The maximum absolute atomic E-state index is 13.0. The van der Waals surface area contributed by atoms with Crippen molar-refractivity contribution >= 4 is 21.6 Å². The number of aryl methyl sites for hydroxylation is 1. The molecule has 0 unspecified atom stereocenters. The average Bonchev–Trinajstić information content (AvgIpc) is 2.79. The minimum absolute atomic E-state index is 0.0293. The van der Waals surface area contributed by atoms with E-state index in [1.54, 1.807) is 12.1 Å². The Kier molecular flexibility index (Phi) is 7.23. The number of halogens is 3. The molecule has 0 bridgehead atoms. The van der Waals surface area contributed by atoms with E-state index in [9.17, 15) is 26.4 Å². The standard InChI is InChI=1S/C22H25F3N2O5S/c1-14-11-19(31-2)20(32-3)13-18(14)26-21(28)15-7-9-27(10-8-15)33(29,30)17-6-4-5-16(12-17)22(23,24)25/h4-6,11-13,15H,7-10H2,1-3H3,(H,26,28). The minimum Gasteiger partial charge on any atom is -0.493 e. The van der Waals surface area contributed by atoms with Crippen molar-refractivity contribution in [3.8, 4) is 11.5 Å². The van der Waals surface area contributed by atoms with E-state index < -0.39 is 32.6 Å². The molecule has 1 fully saturated rings. The maximum atomic E-state index is 13.0. The summed E-state index contributed by atoms with van der Waals surface area (Å²) in [4.78, 5) is 12.4. The number of benzene rings is 2. The molecule has 0 aromatic heterocycles. The molecule has 0 spiro atoms. The molecule has 1 N–H and O–H groups in total. The van der Waals surface area contributed by atoms with Crippen molar-refractivity contribution in [1.82, 2.24) is 4.31 Å². The Balaban J connectivity index is 1.68. The van der Waals surface area contributed by atoms with E-state index in [4.69, 9.17) is 9.47 Å². The Morgan fingerprint density at radius 3 is 2.24 bits per heavy atom. The number of hydrogen-bond acceptors (Lipinski definition) is 5. The molecule has 7 nitrogen and oxygen atoms in total. The number of nitrogens with zero attached hydrogens (tertiary/aromatic N) is 1. The molecule has 0 saturated carbocycles. The van der Waals surface area contributed by atoms with Crippen LogP contribution in [0.15, 0.2) is 41.3 Å². The smallest absolute Gasteiger partial charge is 0.416 e. The Morgan fingerprint density at radius 2 is 1.67 bits per heavy atom. The Hall–Kier alpha value is -2.79. The molecule has 0 aliphatic carbocycles. The van der Waals surface area contributed by atoms with Crippen LogP contribution in [0.25, 0.3) is 0 Å². The molecular formula is C22H25F3N2O5S. The van der Waals surface area contributed by atoms with Gasteiger partial charge in [0.1, 0.15) is 0 Å². The van der Waals surface area contributed by atoms with Crippen LogP contribution in [0.4, 0.5) is 18.9 Å². The Labute approximate surface area is 190 Å². The first-order valence-electron chi connectivity index (χ1n) is 10.2. The molecule has 2 aromatic rings. The van der Waals surface area contributed by atoms with Crippen molar-refractivity contribution in [2.45, 2.75) is 30.8 Å². The van der Waals surface area contributed by atoms with Gasteiger partial charge >= 0.3 is 6.18 Å². The summed E-state index contributed by atoms with van der Waals surface area (Å²) >= 11 is 0. The first-order chi connectivity index (χ1) is 15.5. The van der Waals surface area contributed by atoms with Crippen molar-refractivity contribution in [2.75, 3.05) is 32.6 Å². The van der Waals surface area contributed by atoms with Crippen LogP contribution in [-0.4, -0.2) is 45.9 Å². The van der Waals surface area contributed by atoms with E-state index in [1.165, 1.54) is 14.2 Å². The monoisotopic (exact) mass is 486 g/mol. The van der Waals surface area contributed by atoms with Crippen molar-refractivity contribution in [1.29, 1.82) is 0 Å². The number of sulfonamides is 1. The van der Waals surface area contributed by atoms with Gasteiger partial charge in [-0.1, -0.05) is 6.07 Å². The molecule has 2 aromatic carbocycles. The summed E-state index contributed by atoms with van der Waals surface area (Å²) in [7, 11) is -1.11. The summed E-state index contributed by atoms with van der Waals surface area (Å²) in [6, 6.07) is 7.06. The van der Waals surface area contributed by atoms with E-state index in [1.807, 2.05) is 6.92 Å². The number of hydrogen-bond donors (Lipinski definition) is 1. The number of alkyl halides is 3. The van der Waals surface area contributed by atoms with E-state index >= 15 is 0 Å². The molecule has 11 heteroatoms. The van der Waals surface area contributed by atoms with Gasteiger partial charge in [0, 0.05) is 30.8 Å². The fourth-order valence-electron chi connectivity index (χ4n) is 3.69. The molecule has 1 saturated heterocycles. The number of methoxy groups -OCH3 is 2. The molecular weight excluding hydrogens is 461 g/mol. The Morgan fingerprint density at radius 1 is 1.06 bits per heavy atom. The van der Waals surface area contributed by atoms with E-state index in [2.05, 4.69) is 5.32 Å².